The van der Waals surface area contributed by atoms with Gasteiger partial charge in [0.05, 0.1) is 5.69 Å². The van der Waals surface area contributed by atoms with Crippen LogP contribution in [0.25, 0.3) is 0 Å². The summed E-state index contributed by atoms with van der Waals surface area (Å²) >= 11 is 3.38. The van der Waals surface area contributed by atoms with Gasteiger partial charge in [0, 0.05) is 21.7 Å². The molecule has 0 radical (unpaired) electrons. The summed E-state index contributed by atoms with van der Waals surface area (Å²) in [5.74, 6) is 0.137. The number of carbonyl (C=O) groups excluding carboxylic acids is 1. The first-order valence-corrected chi connectivity index (χ1v) is 9.74. The predicted molar refractivity (Wildman–Crippen MR) is 110 cm³/mol. The van der Waals surface area contributed by atoms with Gasteiger partial charge in [-0.25, -0.2) is 4.39 Å². The van der Waals surface area contributed by atoms with Crippen molar-refractivity contribution in [1.82, 2.24) is 0 Å². The average Bonchev–Trinajstić information content (AvgIpc) is 2.73. The summed E-state index contributed by atoms with van der Waals surface area (Å²) in [6, 6.07) is 15.8. The van der Waals surface area contributed by atoms with Crippen LogP contribution in [0.5, 0.6) is 11.5 Å². The number of aliphatic hydroxyl groups is 1. The van der Waals surface area contributed by atoms with Gasteiger partial charge >= 0.3 is 0 Å². The quantitative estimate of drug-likeness (QED) is 0.595. The number of carbonyl (C=O) groups is 1. The number of rotatable bonds is 4. The molecule has 1 atom stereocenters. The maximum atomic E-state index is 13.2. The lowest BCUT2D eigenvalue weighted by Crippen LogP contribution is -2.18. The third-order valence-corrected chi connectivity index (χ3v) is 5.08. The van der Waals surface area contributed by atoms with E-state index < -0.39 is 17.8 Å². The zero-order chi connectivity index (χ0) is 20.4. The molecule has 1 aliphatic rings. The highest BCUT2D eigenvalue weighted by Gasteiger charge is 2.22. The van der Waals surface area contributed by atoms with Crippen molar-refractivity contribution in [3.8, 4) is 11.5 Å². The Morgan fingerprint density at radius 3 is 2.28 bits per heavy atom. The molecule has 0 aliphatic carbocycles. The van der Waals surface area contributed by atoms with Crippen molar-refractivity contribution in [1.29, 1.82) is 0 Å². The van der Waals surface area contributed by atoms with Crippen LogP contribution < -0.4 is 14.8 Å². The molecule has 0 saturated heterocycles. The van der Waals surface area contributed by atoms with Crippen molar-refractivity contribution in [2.24, 2.45) is 0 Å². The van der Waals surface area contributed by atoms with Crippen molar-refractivity contribution in [2.45, 2.75) is 6.10 Å². The smallest absolute Gasteiger partial charge is 0.255 e. The van der Waals surface area contributed by atoms with Crippen LogP contribution in [0.15, 0.2) is 65.1 Å². The van der Waals surface area contributed by atoms with Gasteiger partial charge in [-0.2, -0.15) is 0 Å². The van der Waals surface area contributed by atoms with E-state index in [1.165, 1.54) is 24.3 Å². The van der Waals surface area contributed by atoms with E-state index in [2.05, 4.69) is 21.2 Å². The molecule has 1 aliphatic heterocycles. The maximum Gasteiger partial charge on any atom is 0.255 e. The first-order valence-electron chi connectivity index (χ1n) is 8.95. The van der Waals surface area contributed by atoms with E-state index in [1.807, 2.05) is 12.1 Å². The second-order valence-electron chi connectivity index (χ2n) is 6.50. The Morgan fingerprint density at radius 1 is 1.00 bits per heavy atom. The first-order chi connectivity index (χ1) is 14.0. The minimum atomic E-state index is -0.998. The number of fused-ring (bicyclic) bond motifs is 1. The molecule has 0 unspecified atom stereocenters. The molecule has 7 heteroatoms. The Hall–Kier alpha value is -2.90. The molecule has 0 saturated carbocycles. The molecule has 5 nitrogen and oxygen atoms in total. The van der Waals surface area contributed by atoms with Gasteiger partial charge in [-0.15, -0.1) is 0 Å². The average molecular weight is 458 g/mol. The number of nitrogens with one attached hydrogen (secondary N) is 1. The van der Waals surface area contributed by atoms with E-state index in [4.69, 9.17) is 9.47 Å². The number of anilines is 1. The monoisotopic (exact) mass is 457 g/mol. The lowest BCUT2D eigenvalue weighted by atomic mass is 9.98. The first kappa shape index (κ1) is 19.4. The Labute approximate surface area is 175 Å². The standard InChI is InChI=1S/C22H17BrFNO4/c23-15-5-1-13(2-6-15)21(26)17-11-19-20(29-10-9-28-19)12-18(17)25-22(27)14-3-7-16(24)8-4-14/h1-8,11-12,21,26H,9-10H2,(H,25,27)/t21-/m0/s1. The predicted octanol–water partition coefficient (Wildman–Crippen LogP) is 4.69. The van der Waals surface area contributed by atoms with E-state index in [0.717, 1.165) is 4.47 Å². The van der Waals surface area contributed by atoms with Crippen molar-refractivity contribution < 1.29 is 23.8 Å². The summed E-state index contributed by atoms with van der Waals surface area (Å²) in [5, 5.41) is 13.8. The fourth-order valence-corrected chi connectivity index (χ4v) is 3.32. The zero-order valence-electron chi connectivity index (χ0n) is 15.2. The summed E-state index contributed by atoms with van der Waals surface area (Å²) < 4.78 is 25.3. The fourth-order valence-electron chi connectivity index (χ4n) is 3.06. The summed E-state index contributed by atoms with van der Waals surface area (Å²) in [6.45, 7) is 0.801. The van der Waals surface area contributed by atoms with Crippen molar-refractivity contribution in [3.05, 3.63) is 87.6 Å². The summed E-state index contributed by atoms with van der Waals surface area (Å²) in [7, 11) is 0. The Kier molecular flexibility index (Phi) is 5.51. The third-order valence-electron chi connectivity index (χ3n) is 4.55. The van der Waals surface area contributed by atoms with Crippen LogP contribution in [0.2, 0.25) is 0 Å². The molecular weight excluding hydrogens is 441 g/mol. The number of amides is 1. The topological polar surface area (TPSA) is 67.8 Å². The van der Waals surface area contributed by atoms with Gasteiger partial charge in [-0.1, -0.05) is 28.1 Å². The van der Waals surface area contributed by atoms with Crippen LogP contribution in [0, 0.1) is 5.82 Å². The molecule has 1 amide bonds. The van der Waals surface area contributed by atoms with Crippen LogP contribution in [-0.4, -0.2) is 24.2 Å². The number of aliphatic hydroxyl groups excluding tert-OH is 1. The molecule has 3 aromatic rings. The van der Waals surface area contributed by atoms with Crippen LogP contribution >= 0.6 is 15.9 Å². The lowest BCUT2D eigenvalue weighted by Gasteiger charge is -2.23. The molecule has 0 bridgehead atoms. The molecule has 29 heavy (non-hydrogen) atoms. The Balaban J connectivity index is 1.71. The largest absolute Gasteiger partial charge is 0.486 e. The summed E-state index contributed by atoms with van der Waals surface area (Å²) in [5.41, 5.74) is 1.80. The SMILES string of the molecule is O=C(Nc1cc2c(cc1[C@@H](O)c1ccc(Br)cc1)OCCO2)c1ccc(F)cc1. The highest BCUT2D eigenvalue weighted by atomic mass is 79.9. The van der Waals surface area contributed by atoms with E-state index >= 15 is 0 Å². The molecule has 0 aromatic heterocycles. The van der Waals surface area contributed by atoms with Gasteiger partial charge in [0.2, 0.25) is 0 Å². The normalized spacial score (nSPS) is 13.6. The fraction of sp³-hybridized carbons (Fsp3) is 0.136. The van der Waals surface area contributed by atoms with Gasteiger partial charge in [0.1, 0.15) is 25.1 Å². The number of ether oxygens (including phenoxy) is 2. The molecule has 2 N–H and O–H groups in total. The molecule has 0 fully saturated rings. The van der Waals surface area contributed by atoms with Crippen molar-refractivity contribution in [3.63, 3.8) is 0 Å². The number of hydrogen-bond acceptors (Lipinski definition) is 4. The van der Waals surface area contributed by atoms with E-state index in [-0.39, 0.29) is 0 Å². The molecule has 1 heterocycles. The summed E-state index contributed by atoms with van der Waals surface area (Å²) in [6.07, 6.45) is -0.998. The van der Waals surface area contributed by atoms with E-state index in [9.17, 15) is 14.3 Å². The highest BCUT2D eigenvalue weighted by molar-refractivity contribution is 9.10. The van der Waals surface area contributed by atoms with Gasteiger partial charge in [0.25, 0.3) is 5.91 Å². The van der Waals surface area contributed by atoms with Gasteiger partial charge in [-0.3, -0.25) is 4.79 Å². The lowest BCUT2D eigenvalue weighted by molar-refractivity contribution is 0.102. The third kappa shape index (κ3) is 4.26. The van der Waals surface area contributed by atoms with Crippen LogP contribution in [-0.2, 0) is 0 Å². The minimum Gasteiger partial charge on any atom is -0.486 e. The molecule has 148 valence electrons. The van der Waals surface area contributed by atoms with E-state index in [0.29, 0.717) is 47.1 Å². The molecular formula is C22H17BrFNO4. The second-order valence-corrected chi connectivity index (χ2v) is 7.41. The van der Waals surface area contributed by atoms with Gasteiger partial charge in [-0.05, 0) is 48.0 Å². The second kappa shape index (κ2) is 8.23. The van der Waals surface area contributed by atoms with Crippen LogP contribution in [0.4, 0.5) is 10.1 Å². The maximum absolute atomic E-state index is 13.2. The molecule has 3 aromatic carbocycles. The van der Waals surface area contributed by atoms with Gasteiger partial charge < -0.3 is 19.9 Å². The zero-order valence-corrected chi connectivity index (χ0v) is 16.8. The number of benzene rings is 3. The molecule has 4 rings (SSSR count). The van der Waals surface area contributed by atoms with Crippen molar-refractivity contribution in [2.75, 3.05) is 18.5 Å². The van der Waals surface area contributed by atoms with Gasteiger partial charge in [0.15, 0.2) is 11.5 Å². The van der Waals surface area contributed by atoms with Crippen molar-refractivity contribution >= 4 is 27.5 Å². The summed E-state index contributed by atoms with van der Waals surface area (Å²) in [4.78, 5) is 12.7. The Morgan fingerprint density at radius 2 is 1.62 bits per heavy atom. The number of hydrogen-bond donors (Lipinski definition) is 2. The van der Waals surface area contributed by atoms with Crippen LogP contribution in [0.3, 0.4) is 0 Å². The number of halogens is 2. The minimum absolute atomic E-state index is 0.297. The Bertz CT molecular complexity index is 1040. The van der Waals surface area contributed by atoms with Crippen LogP contribution in [0.1, 0.15) is 27.6 Å². The highest BCUT2D eigenvalue weighted by Crippen LogP contribution is 2.40. The van der Waals surface area contributed by atoms with E-state index in [1.54, 1.807) is 24.3 Å². The molecule has 0 spiro atoms.